The lowest BCUT2D eigenvalue weighted by molar-refractivity contribution is -0.133. The fraction of sp³-hybridized carbons (Fsp3) is 0.312. The highest BCUT2D eigenvalue weighted by atomic mass is 19.1. The fourth-order valence-corrected chi connectivity index (χ4v) is 2.39. The molecule has 0 aliphatic rings. The Kier molecular flexibility index (Phi) is 5.10. The maximum atomic E-state index is 13.0. The lowest BCUT2D eigenvalue weighted by Gasteiger charge is -2.28. The Hall–Kier alpha value is -2.70. The van der Waals surface area contributed by atoms with Crippen molar-refractivity contribution < 1.29 is 9.18 Å². The van der Waals surface area contributed by atoms with Crippen LogP contribution in [0.5, 0.6) is 0 Å². The average molecular weight is 319 g/mol. The Morgan fingerprint density at radius 3 is 2.48 bits per heavy atom. The van der Waals surface area contributed by atoms with Crippen LogP contribution < -0.4 is 11.2 Å². The zero-order valence-electron chi connectivity index (χ0n) is 13.0. The van der Waals surface area contributed by atoms with Crippen LogP contribution in [0.25, 0.3) is 0 Å². The van der Waals surface area contributed by atoms with Crippen LogP contribution in [0.1, 0.15) is 25.5 Å². The summed E-state index contributed by atoms with van der Waals surface area (Å²) in [6.07, 6.45) is 1.29. The molecule has 0 aliphatic heterocycles. The zero-order chi connectivity index (χ0) is 17.0. The van der Waals surface area contributed by atoms with E-state index in [4.69, 9.17) is 0 Å². The van der Waals surface area contributed by atoms with Crippen molar-refractivity contribution in [3.63, 3.8) is 0 Å². The van der Waals surface area contributed by atoms with Crippen molar-refractivity contribution in [1.82, 2.24) is 14.5 Å². The number of nitrogens with zero attached hydrogens (tertiary/aromatic N) is 2. The Labute approximate surface area is 132 Å². The maximum absolute atomic E-state index is 13.0. The first-order valence-electron chi connectivity index (χ1n) is 7.27. The Morgan fingerprint density at radius 1 is 1.26 bits per heavy atom. The molecule has 1 amide bonds. The van der Waals surface area contributed by atoms with Gasteiger partial charge >= 0.3 is 5.69 Å². The molecule has 0 bridgehead atoms. The molecule has 6 nitrogen and oxygen atoms in total. The van der Waals surface area contributed by atoms with Gasteiger partial charge in [0, 0.05) is 18.8 Å². The number of halogens is 1. The van der Waals surface area contributed by atoms with Gasteiger partial charge < -0.3 is 4.90 Å². The van der Waals surface area contributed by atoms with E-state index in [1.807, 2.05) is 13.8 Å². The Balaban J connectivity index is 2.19. The third-order valence-corrected chi connectivity index (χ3v) is 3.68. The third kappa shape index (κ3) is 3.94. The molecular formula is C16H18FN3O3. The summed E-state index contributed by atoms with van der Waals surface area (Å²) in [5.41, 5.74) is -0.336. The summed E-state index contributed by atoms with van der Waals surface area (Å²) >= 11 is 0. The van der Waals surface area contributed by atoms with E-state index in [2.05, 4.69) is 4.98 Å². The monoisotopic (exact) mass is 319 g/mol. The molecule has 0 unspecified atom stereocenters. The van der Waals surface area contributed by atoms with Crippen molar-refractivity contribution in [1.29, 1.82) is 0 Å². The van der Waals surface area contributed by atoms with Crippen LogP contribution in [0.3, 0.4) is 0 Å². The molecule has 122 valence electrons. The van der Waals surface area contributed by atoms with Crippen molar-refractivity contribution >= 4 is 5.91 Å². The molecule has 0 fully saturated rings. The van der Waals surface area contributed by atoms with Crippen LogP contribution in [0, 0.1) is 5.82 Å². The van der Waals surface area contributed by atoms with E-state index < -0.39 is 11.2 Å². The molecule has 0 aliphatic carbocycles. The predicted octanol–water partition coefficient (Wildman–Crippen LogP) is 1.29. The standard InChI is InChI=1S/C16H18FN3O3/c1-3-20(11(2)12-4-6-13(17)7-5-12)15(22)10-19-9-8-14(21)18-16(19)23/h4-9,11H,3,10H2,1-2H3,(H,18,21,23)/t11-/m1/s1. The Morgan fingerprint density at radius 2 is 1.91 bits per heavy atom. The number of carbonyl (C=O) groups excluding carboxylic acids is 1. The van der Waals surface area contributed by atoms with Crippen LogP contribution in [0.2, 0.25) is 0 Å². The van der Waals surface area contributed by atoms with E-state index >= 15 is 0 Å². The summed E-state index contributed by atoms with van der Waals surface area (Å²) in [4.78, 5) is 38.9. The van der Waals surface area contributed by atoms with Gasteiger partial charge in [0.2, 0.25) is 5.91 Å². The number of H-pyrrole nitrogens is 1. The average Bonchev–Trinajstić information content (AvgIpc) is 2.51. The van der Waals surface area contributed by atoms with Gasteiger partial charge in [0.25, 0.3) is 5.56 Å². The number of benzene rings is 1. The lowest BCUT2D eigenvalue weighted by atomic mass is 10.1. The van der Waals surface area contributed by atoms with Gasteiger partial charge in [-0.25, -0.2) is 9.18 Å². The SMILES string of the molecule is CCN(C(=O)Cn1ccc(=O)[nH]c1=O)[C@H](C)c1ccc(F)cc1. The minimum absolute atomic E-state index is 0.172. The van der Waals surface area contributed by atoms with Crippen LogP contribution in [0.15, 0.2) is 46.1 Å². The van der Waals surface area contributed by atoms with E-state index in [1.54, 1.807) is 17.0 Å². The number of likely N-dealkylation sites (N-methyl/N-ethyl adjacent to an activating group) is 1. The van der Waals surface area contributed by atoms with Gasteiger partial charge in [-0.1, -0.05) is 12.1 Å². The van der Waals surface area contributed by atoms with Crippen molar-refractivity contribution in [3.8, 4) is 0 Å². The topological polar surface area (TPSA) is 75.2 Å². The molecule has 1 aromatic heterocycles. The second kappa shape index (κ2) is 7.04. The molecule has 0 spiro atoms. The quantitative estimate of drug-likeness (QED) is 0.902. The minimum atomic E-state index is -0.628. The van der Waals surface area contributed by atoms with E-state index in [9.17, 15) is 18.8 Å². The largest absolute Gasteiger partial charge is 0.335 e. The highest BCUT2D eigenvalue weighted by Crippen LogP contribution is 2.20. The van der Waals surface area contributed by atoms with Crippen molar-refractivity contribution in [2.24, 2.45) is 0 Å². The number of rotatable bonds is 5. The molecule has 1 N–H and O–H groups in total. The summed E-state index contributed by atoms with van der Waals surface area (Å²) in [5, 5.41) is 0. The van der Waals surface area contributed by atoms with E-state index in [-0.39, 0.29) is 24.3 Å². The lowest BCUT2D eigenvalue weighted by Crippen LogP contribution is -2.39. The fourth-order valence-electron chi connectivity index (χ4n) is 2.39. The van der Waals surface area contributed by atoms with Gasteiger partial charge in [-0.15, -0.1) is 0 Å². The number of aromatic amines is 1. The normalized spacial score (nSPS) is 12.0. The smallest absolute Gasteiger partial charge is 0.328 e. The molecule has 2 aromatic rings. The van der Waals surface area contributed by atoms with E-state index in [0.717, 1.165) is 10.1 Å². The highest BCUT2D eigenvalue weighted by molar-refractivity contribution is 5.76. The number of hydrogen-bond acceptors (Lipinski definition) is 3. The first-order chi connectivity index (χ1) is 10.9. The van der Waals surface area contributed by atoms with Gasteiger partial charge in [0.15, 0.2) is 0 Å². The molecule has 1 heterocycles. The van der Waals surface area contributed by atoms with Crippen LogP contribution >= 0.6 is 0 Å². The second-order valence-electron chi connectivity index (χ2n) is 5.15. The third-order valence-electron chi connectivity index (χ3n) is 3.68. The van der Waals surface area contributed by atoms with Gasteiger partial charge in [0.1, 0.15) is 12.4 Å². The molecule has 1 aromatic carbocycles. The number of aromatic nitrogens is 2. The second-order valence-corrected chi connectivity index (χ2v) is 5.15. The summed E-state index contributed by atoms with van der Waals surface area (Å²) < 4.78 is 14.2. The number of amides is 1. The number of nitrogens with one attached hydrogen (secondary N) is 1. The number of hydrogen-bond donors (Lipinski definition) is 1. The molecule has 23 heavy (non-hydrogen) atoms. The van der Waals surface area contributed by atoms with Crippen molar-refractivity contribution in [3.05, 3.63) is 68.7 Å². The van der Waals surface area contributed by atoms with Gasteiger partial charge in [-0.05, 0) is 31.5 Å². The highest BCUT2D eigenvalue weighted by Gasteiger charge is 2.20. The molecule has 0 radical (unpaired) electrons. The van der Waals surface area contributed by atoms with Crippen LogP contribution in [-0.4, -0.2) is 26.9 Å². The Bertz CT molecular complexity index is 795. The maximum Gasteiger partial charge on any atom is 0.328 e. The predicted molar refractivity (Wildman–Crippen MR) is 83.5 cm³/mol. The van der Waals surface area contributed by atoms with Gasteiger partial charge in [0.05, 0.1) is 6.04 Å². The molecule has 7 heteroatoms. The minimum Gasteiger partial charge on any atom is -0.335 e. The van der Waals surface area contributed by atoms with Gasteiger partial charge in [-0.2, -0.15) is 0 Å². The van der Waals surface area contributed by atoms with Gasteiger partial charge in [-0.3, -0.25) is 19.1 Å². The zero-order valence-corrected chi connectivity index (χ0v) is 13.0. The van der Waals surface area contributed by atoms with Crippen molar-refractivity contribution in [2.45, 2.75) is 26.4 Å². The summed E-state index contributed by atoms with van der Waals surface area (Å²) in [5.74, 6) is -0.603. The summed E-state index contributed by atoms with van der Waals surface area (Å²) in [6.45, 7) is 3.93. The molecule has 0 saturated heterocycles. The van der Waals surface area contributed by atoms with E-state index in [1.165, 1.54) is 24.4 Å². The van der Waals surface area contributed by atoms with Crippen molar-refractivity contribution in [2.75, 3.05) is 6.54 Å². The first kappa shape index (κ1) is 16.7. The van der Waals surface area contributed by atoms with Crippen LogP contribution in [-0.2, 0) is 11.3 Å². The molecule has 0 saturated carbocycles. The molecule has 2 rings (SSSR count). The van der Waals surface area contributed by atoms with E-state index in [0.29, 0.717) is 6.54 Å². The molecular weight excluding hydrogens is 301 g/mol. The summed E-state index contributed by atoms with van der Waals surface area (Å²) in [7, 11) is 0. The van der Waals surface area contributed by atoms with Crippen LogP contribution in [0.4, 0.5) is 4.39 Å². The first-order valence-corrected chi connectivity index (χ1v) is 7.27. The molecule has 1 atom stereocenters. The number of carbonyl (C=O) groups is 1. The summed E-state index contributed by atoms with van der Waals surface area (Å²) in [6, 6.07) is 6.87.